The summed E-state index contributed by atoms with van der Waals surface area (Å²) < 4.78 is 2.07. The Labute approximate surface area is 153 Å². The number of Topliss-reactive ketones (excluding diaryl/α,β-unsaturated/α-hetero) is 1. The largest absolute Gasteiger partial charge is 0.360 e. The summed E-state index contributed by atoms with van der Waals surface area (Å²) in [4.78, 5) is 23.1. The van der Waals surface area contributed by atoms with E-state index in [1.807, 2.05) is 37.4 Å². The zero-order valence-electron chi connectivity index (χ0n) is 15.8. The van der Waals surface area contributed by atoms with E-state index in [0.29, 0.717) is 6.42 Å². The molecule has 6 nitrogen and oxygen atoms in total. The van der Waals surface area contributed by atoms with Crippen molar-refractivity contribution in [1.29, 1.82) is 0 Å². The molecule has 0 amide bonds. The Kier molecular flexibility index (Phi) is 5.21. The number of nitrogens with one attached hydrogen (secondary N) is 1. The number of allylic oxidation sites excluding steroid dienone is 5. The third-order valence-corrected chi connectivity index (χ3v) is 4.54. The van der Waals surface area contributed by atoms with E-state index >= 15 is 0 Å². The molecule has 0 saturated carbocycles. The van der Waals surface area contributed by atoms with Gasteiger partial charge in [-0.25, -0.2) is 9.97 Å². The fourth-order valence-corrected chi connectivity index (χ4v) is 2.87. The number of nitrogens with zero attached hydrogens (tertiary/aromatic N) is 4. The Morgan fingerprint density at radius 2 is 2.04 bits per heavy atom. The van der Waals surface area contributed by atoms with Crippen LogP contribution in [0.3, 0.4) is 0 Å². The van der Waals surface area contributed by atoms with Crippen molar-refractivity contribution >= 4 is 28.7 Å². The molecule has 0 aliphatic heterocycles. The topological polar surface area (TPSA) is 63.1 Å². The van der Waals surface area contributed by atoms with Crippen LogP contribution in [0.1, 0.15) is 27.2 Å². The molecule has 1 aliphatic rings. The maximum Gasteiger partial charge on any atom is 0.209 e. The first-order chi connectivity index (χ1) is 12.5. The van der Waals surface area contributed by atoms with Gasteiger partial charge in [0.1, 0.15) is 11.3 Å². The van der Waals surface area contributed by atoms with Gasteiger partial charge in [0.05, 0.1) is 0 Å². The summed E-state index contributed by atoms with van der Waals surface area (Å²) in [6.45, 7) is 7.43. The highest BCUT2D eigenvalue weighted by Gasteiger charge is 2.13. The second-order valence-electron chi connectivity index (χ2n) is 6.28. The van der Waals surface area contributed by atoms with Gasteiger partial charge in [-0.05, 0) is 51.5 Å². The van der Waals surface area contributed by atoms with Crippen molar-refractivity contribution in [2.75, 3.05) is 23.8 Å². The summed E-state index contributed by atoms with van der Waals surface area (Å²) in [5, 5.41) is 3.38. The summed E-state index contributed by atoms with van der Waals surface area (Å²) in [7, 11) is 2.03. The molecule has 2 aromatic rings. The van der Waals surface area contributed by atoms with Gasteiger partial charge in [-0.1, -0.05) is 12.2 Å². The van der Waals surface area contributed by atoms with Crippen molar-refractivity contribution in [2.24, 2.45) is 0 Å². The predicted octanol–water partition coefficient (Wildman–Crippen LogP) is 3.68. The van der Waals surface area contributed by atoms with E-state index in [-0.39, 0.29) is 5.78 Å². The molecule has 2 aromatic heterocycles. The molecule has 1 N–H and O–H groups in total. The van der Waals surface area contributed by atoms with Crippen LogP contribution >= 0.6 is 0 Å². The van der Waals surface area contributed by atoms with Gasteiger partial charge in [-0.3, -0.25) is 9.36 Å². The Hall–Kier alpha value is -2.89. The highest BCUT2D eigenvalue weighted by Crippen LogP contribution is 2.23. The molecule has 2 heterocycles. The SMILES string of the molecule is CCN(C)c1ccc2nc(NC3=CCC=C(C(C)=O)C=C3)n(CC)c2n1. The average Bonchev–Trinajstić information content (AvgIpc) is 2.80. The number of imidazole rings is 1. The lowest BCUT2D eigenvalue weighted by molar-refractivity contribution is -0.113. The van der Waals surface area contributed by atoms with E-state index in [1.54, 1.807) is 6.92 Å². The molecule has 0 bridgehead atoms. The van der Waals surface area contributed by atoms with Gasteiger partial charge >= 0.3 is 0 Å². The molecule has 0 atom stereocenters. The van der Waals surface area contributed by atoms with E-state index in [1.165, 1.54) is 0 Å². The van der Waals surface area contributed by atoms with Gasteiger partial charge in [0.2, 0.25) is 5.95 Å². The average molecular weight is 351 g/mol. The molecular formula is C20H25N5O. The van der Waals surface area contributed by atoms with Crippen LogP contribution in [0.5, 0.6) is 0 Å². The van der Waals surface area contributed by atoms with Crippen LogP contribution in [0.15, 0.2) is 47.7 Å². The highest BCUT2D eigenvalue weighted by atomic mass is 16.1. The monoisotopic (exact) mass is 351 g/mol. The van der Waals surface area contributed by atoms with Crippen LogP contribution < -0.4 is 10.2 Å². The first kappa shape index (κ1) is 17.9. The van der Waals surface area contributed by atoms with Crippen molar-refractivity contribution in [2.45, 2.75) is 33.7 Å². The second kappa shape index (κ2) is 7.56. The molecule has 26 heavy (non-hydrogen) atoms. The molecular weight excluding hydrogens is 326 g/mol. The van der Waals surface area contributed by atoms with E-state index in [0.717, 1.165) is 47.3 Å². The smallest absolute Gasteiger partial charge is 0.209 e. The number of aromatic nitrogens is 3. The Bertz CT molecular complexity index is 920. The number of fused-ring (bicyclic) bond motifs is 1. The molecule has 6 heteroatoms. The zero-order chi connectivity index (χ0) is 18.7. The van der Waals surface area contributed by atoms with Crippen molar-refractivity contribution in [3.05, 3.63) is 47.7 Å². The van der Waals surface area contributed by atoms with Crippen LogP contribution in [0.25, 0.3) is 11.2 Å². The van der Waals surface area contributed by atoms with Crippen molar-refractivity contribution in [3.8, 4) is 0 Å². The quantitative estimate of drug-likeness (QED) is 0.860. The number of pyridine rings is 1. The fraction of sp³-hybridized carbons (Fsp3) is 0.350. The standard InChI is InChI=1S/C20H25N5O/c1-5-24(4)18-13-12-17-19(23-18)25(6-2)20(22-17)21-16-9-7-8-15(10-11-16)14(3)26/h8-13H,5-7H2,1-4H3,(H,21,22). The summed E-state index contributed by atoms with van der Waals surface area (Å²) in [6, 6.07) is 4.00. The van der Waals surface area contributed by atoms with Crippen LogP contribution in [-0.4, -0.2) is 33.9 Å². The van der Waals surface area contributed by atoms with Gasteiger partial charge in [0.15, 0.2) is 11.4 Å². The highest BCUT2D eigenvalue weighted by molar-refractivity contribution is 5.96. The zero-order valence-corrected chi connectivity index (χ0v) is 15.8. The minimum Gasteiger partial charge on any atom is -0.360 e. The number of hydrogen-bond donors (Lipinski definition) is 1. The lowest BCUT2D eigenvalue weighted by atomic mass is 10.1. The Morgan fingerprint density at radius 3 is 2.73 bits per heavy atom. The first-order valence-electron chi connectivity index (χ1n) is 8.98. The molecule has 1 aliphatic carbocycles. The van der Waals surface area contributed by atoms with Gasteiger partial charge in [0.25, 0.3) is 0 Å². The lowest BCUT2D eigenvalue weighted by Gasteiger charge is -2.15. The lowest BCUT2D eigenvalue weighted by Crippen LogP contribution is -2.17. The first-order valence-corrected chi connectivity index (χ1v) is 8.98. The van der Waals surface area contributed by atoms with Crippen molar-refractivity contribution in [1.82, 2.24) is 14.5 Å². The molecule has 0 saturated heterocycles. The van der Waals surface area contributed by atoms with Crippen molar-refractivity contribution < 1.29 is 4.79 Å². The van der Waals surface area contributed by atoms with E-state index < -0.39 is 0 Å². The number of carbonyl (C=O) groups is 1. The number of hydrogen-bond acceptors (Lipinski definition) is 5. The van der Waals surface area contributed by atoms with Crippen molar-refractivity contribution in [3.63, 3.8) is 0 Å². The van der Waals surface area contributed by atoms with Crippen LogP contribution in [0.4, 0.5) is 11.8 Å². The predicted molar refractivity (Wildman–Crippen MR) is 106 cm³/mol. The molecule has 0 fully saturated rings. The molecule has 0 unspecified atom stereocenters. The van der Waals surface area contributed by atoms with Gasteiger partial charge in [-0.15, -0.1) is 0 Å². The number of aryl methyl sites for hydroxylation is 1. The number of ketones is 1. The van der Waals surface area contributed by atoms with E-state index in [9.17, 15) is 4.79 Å². The normalized spacial score (nSPS) is 14.0. The Morgan fingerprint density at radius 1 is 1.23 bits per heavy atom. The maximum absolute atomic E-state index is 11.6. The summed E-state index contributed by atoms with van der Waals surface area (Å²) in [5.41, 5.74) is 3.39. The number of rotatable bonds is 6. The maximum atomic E-state index is 11.6. The van der Waals surface area contributed by atoms with E-state index in [4.69, 9.17) is 9.97 Å². The summed E-state index contributed by atoms with van der Waals surface area (Å²) in [6.07, 6.45) is 8.46. The fourth-order valence-electron chi connectivity index (χ4n) is 2.87. The second-order valence-corrected chi connectivity index (χ2v) is 6.28. The third kappa shape index (κ3) is 3.54. The van der Waals surface area contributed by atoms with Gasteiger partial charge in [0, 0.05) is 31.4 Å². The summed E-state index contributed by atoms with van der Waals surface area (Å²) in [5.74, 6) is 1.77. The van der Waals surface area contributed by atoms with Crippen LogP contribution in [0.2, 0.25) is 0 Å². The van der Waals surface area contributed by atoms with Crippen LogP contribution in [0, 0.1) is 0 Å². The minimum atomic E-state index is 0.0773. The van der Waals surface area contributed by atoms with Crippen LogP contribution in [-0.2, 0) is 11.3 Å². The molecule has 3 rings (SSSR count). The van der Waals surface area contributed by atoms with E-state index in [2.05, 4.69) is 34.7 Å². The minimum absolute atomic E-state index is 0.0773. The molecule has 136 valence electrons. The summed E-state index contributed by atoms with van der Waals surface area (Å²) >= 11 is 0. The van der Waals surface area contributed by atoms with Gasteiger partial charge in [-0.2, -0.15) is 0 Å². The number of carbonyl (C=O) groups excluding carboxylic acids is 1. The molecule has 0 radical (unpaired) electrons. The third-order valence-electron chi connectivity index (χ3n) is 4.54. The number of anilines is 2. The Balaban J connectivity index is 1.92. The van der Waals surface area contributed by atoms with Gasteiger partial charge < -0.3 is 10.2 Å². The molecule has 0 aromatic carbocycles. The molecule has 0 spiro atoms.